The first-order valence-corrected chi connectivity index (χ1v) is 11.8. The van der Waals surface area contributed by atoms with E-state index in [9.17, 15) is 22.4 Å². The molecule has 5 rings (SSSR count). The van der Waals surface area contributed by atoms with Gasteiger partial charge in [0.2, 0.25) is 0 Å². The predicted octanol–water partition coefficient (Wildman–Crippen LogP) is 5.77. The number of aromatic nitrogens is 3. The van der Waals surface area contributed by atoms with E-state index in [0.717, 1.165) is 25.0 Å². The molecule has 2 aromatic carbocycles. The van der Waals surface area contributed by atoms with Crippen molar-refractivity contribution in [3.63, 3.8) is 0 Å². The van der Waals surface area contributed by atoms with E-state index in [1.807, 2.05) is 0 Å². The number of hydrogen-bond donors (Lipinski definition) is 0. The van der Waals surface area contributed by atoms with Crippen LogP contribution in [0, 0.1) is 5.82 Å². The zero-order valence-corrected chi connectivity index (χ0v) is 20.5. The largest absolute Gasteiger partial charge is 0.573 e. The van der Waals surface area contributed by atoms with E-state index in [-0.39, 0.29) is 38.6 Å². The molecule has 0 radical (unpaired) electrons. The summed E-state index contributed by atoms with van der Waals surface area (Å²) in [6.07, 6.45) is 1.33. The smallest absolute Gasteiger partial charge is 0.403 e. The second kappa shape index (κ2) is 10.0. The summed E-state index contributed by atoms with van der Waals surface area (Å²) in [5, 5.41) is 4.70. The standard InChI is InChI=1S/C26H23F4N5O3/c1-34(2)14-32-22-16-6-5-10-31-24(16)20(38-26(28,29)30)12-17(22)25(36)15-8-9-19(27)23-18(15)13-35(33-23)21-7-3-4-11-37-21/h5-6,8-10,12-14,21H,3-4,7,11H2,1-2H3. The predicted molar refractivity (Wildman–Crippen MR) is 132 cm³/mol. The summed E-state index contributed by atoms with van der Waals surface area (Å²) in [4.78, 5) is 24.0. The molecule has 0 bridgehead atoms. The Kier molecular flexibility index (Phi) is 6.74. The van der Waals surface area contributed by atoms with Crippen molar-refractivity contribution in [3.8, 4) is 5.75 Å². The molecule has 38 heavy (non-hydrogen) atoms. The number of benzene rings is 2. The minimum atomic E-state index is -5.02. The van der Waals surface area contributed by atoms with Crippen molar-refractivity contribution in [2.75, 3.05) is 20.7 Å². The maximum absolute atomic E-state index is 14.7. The van der Waals surface area contributed by atoms with Crippen LogP contribution < -0.4 is 4.74 Å². The minimum absolute atomic E-state index is 0.0439. The van der Waals surface area contributed by atoms with Gasteiger partial charge >= 0.3 is 6.36 Å². The lowest BCUT2D eigenvalue weighted by atomic mass is 9.96. The number of fused-ring (bicyclic) bond motifs is 2. The molecule has 1 unspecified atom stereocenters. The molecule has 1 saturated heterocycles. The number of nitrogens with zero attached hydrogens (tertiary/aromatic N) is 5. The van der Waals surface area contributed by atoms with Gasteiger partial charge in [-0.2, -0.15) is 5.10 Å². The van der Waals surface area contributed by atoms with Gasteiger partial charge in [0.15, 0.2) is 17.3 Å². The summed E-state index contributed by atoms with van der Waals surface area (Å²) in [6.45, 7) is 0.537. The summed E-state index contributed by atoms with van der Waals surface area (Å²) >= 11 is 0. The van der Waals surface area contributed by atoms with Crippen LogP contribution in [0.4, 0.5) is 23.2 Å². The number of hydrogen-bond acceptors (Lipinski definition) is 6. The first kappa shape index (κ1) is 25.6. The highest BCUT2D eigenvalue weighted by atomic mass is 19.4. The Morgan fingerprint density at radius 2 is 2.00 bits per heavy atom. The van der Waals surface area contributed by atoms with Crippen LogP contribution in [-0.2, 0) is 4.74 Å². The zero-order chi connectivity index (χ0) is 27.0. The second-order valence-electron chi connectivity index (χ2n) is 9.04. The average molecular weight is 529 g/mol. The zero-order valence-electron chi connectivity index (χ0n) is 20.5. The van der Waals surface area contributed by atoms with Gasteiger partial charge in [0.05, 0.1) is 17.6 Å². The van der Waals surface area contributed by atoms with Crippen LogP contribution in [-0.4, -0.2) is 58.9 Å². The second-order valence-corrected chi connectivity index (χ2v) is 9.04. The van der Waals surface area contributed by atoms with Gasteiger partial charge in [0, 0.05) is 49.4 Å². The molecule has 2 aromatic heterocycles. The number of alkyl halides is 3. The van der Waals surface area contributed by atoms with E-state index in [2.05, 4.69) is 19.8 Å². The van der Waals surface area contributed by atoms with E-state index in [1.165, 1.54) is 41.6 Å². The molecular formula is C26H23F4N5O3. The van der Waals surface area contributed by atoms with E-state index in [1.54, 1.807) is 19.0 Å². The molecule has 3 heterocycles. The highest BCUT2D eigenvalue weighted by molar-refractivity contribution is 6.21. The van der Waals surface area contributed by atoms with Crippen molar-refractivity contribution in [3.05, 3.63) is 59.7 Å². The van der Waals surface area contributed by atoms with Gasteiger partial charge in [-0.1, -0.05) is 0 Å². The minimum Gasteiger partial charge on any atom is -0.403 e. The number of carbonyl (C=O) groups excluding carboxylic acids is 1. The maximum Gasteiger partial charge on any atom is 0.573 e. The summed E-state index contributed by atoms with van der Waals surface area (Å²) in [6, 6.07) is 6.38. The Balaban J connectivity index is 1.71. The normalized spacial score (nSPS) is 16.4. The molecule has 1 atom stereocenters. The van der Waals surface area contributed by atoms with Crippen molar-refractivity contribution in [2.45, 2.75) is 31.9 Å². The Bertz CT molecular complexity index is 1540. The summed E-state index contributed by atoms with van der Waals surface area (Å²) < 4.78 is 66.0. The number of ether oxygens (including phenoxy) is 2. The number of aliphatic imine (C=N–C) groups is 1. The van der Waals surface area contributed by atoms with Crippen LogP contribution in [0.25, 0.3) is 21.8 Å². The fraction of sp³-hybridized carbons (Fsp3) is 0.308. The molecule has 0 aliphatic carbocycles. The van der Waals surface area contributed by atoms with Gasteiger partial charge in [-0.25, -0.2) is 14.1 Å². The lowest BCUT2D eigenvalue weighted by Crippen LogP contribution is -2.18. The van der Waals surface area contributed by atoms with Gasteiger partial charge in [0.1, 0.15) is 17.3 Å². The molecule has 8 nitrogen and oxygen atoms in total. The van der Waals surface area contributed by atoms with Crippen molar-refractivity contribution in [1.29, 1.82) is 0 Å². The first-order valence-electron chi connectivity index (χ1n) is 11.8. The third-order valence-electron chi connectivity index (χ3n) is 6.05. The highest BCUT2D eigenvalue weighted by Gasteiger charge is 2.34. The fourth-order valence-corrected chi connectivity index (χ4v) is 4.41. The molecule has 0 saturated carbocycles. The first-order chi connectivity index (χ1) is 18.1. The monoisotopic (exact) mass is 529 g/mol. The van der Waals surface area contributed by atoms with Gasteiger partial charge < -0.3 is 14.4 Å². The molecule has 1 fully saturated rings. The molecule has 1 aliphatic rings. The van der Waals surface area contributed by atoms with Gasteiger partial charge in [-0.3, -0.25) is 9.78 Å². The molecule has 0 amide bonds. The Hall–Kier alpha value is -4.06. The number of ketones is 1. The number of carbonyl (C=O) groups is 1. The third kappa shape index (κ3) is 5.03. The molecule has 1 aliphatic heterocycles. The summed E-state index contributed by atoms with van der Waals surface area (Å²) in [7, 11) is 3.41. The van der Waals surface area contributed by atoms with Gasteiger partial charge in [-0.05, 0) is 49.6 Å². The third-order valence-corrected chi connectivity index (χ3v) is 6.05. The number of pyridine rings is 1. The molecule has 0 spiro atoms. The molecular weight excluding hydrogens is 506 g/mol. The summed E-state index contributed by atoms with van der Waals surface area (Å²) in [5.41, 5.74) is -0.179. The van der Waals surface area contributed by atoms with E-state index < -0.39 is 29.9 Å². The van der Waals surface area contributed by atoms with Crippen molar-refractivity contribution >= 4 is 39.6 Å². The van der Waals surface area contributed by atoms with Crippen molar-refractivity contribution < 1.29 is 31.8 Å². The fourth-order valence-electron chi connectivity index (χ4n) is 4.41. The average Bonchev–Trinajstić information content (AvgIpc) is 3.34. The molecule has 4 aromatic rings. The SMILES string of the molecule is CN(C)C=Nc1c(C(=O)c2ccc(F)c3nn(C4CCCCO4)cc23)cc(OC(F)(F)F)c2ncccc12. The maximum atomic E-state index is 14.7. The van der Waals surface area contributed by atoms with Gasteiger partial charge in [-0.15, -0.1) is 13.2 Å². The van der Waals surface area contributed by atoms with E-state index >= 15 is 0 Å². The van der Waals surface area contributed by atoms with E-state index in [0.29, 0.717) is 13.0 Å². The lowest BCUT2D eigenvalue weighted by Gasteiger charge is -2.22. The van der Waals surface area contributed by atoms with Crippen LogP contribution in [0.5, 0.6) is 5.75 Å². The van der Waals surface area contributed by atoms with Crippen LogP contribution in [0.15, 0.2) is 47.7 Å². The van der Waals surface area contributed by atoms with Gasteiger partial charge in [0.25, 0.3) is 0 Å². The molecule has 198 valence electrons. The molecule has 12 heteroatoms. The van der Waals surface area contributed by atoms with Crippen LogP contribution in [0.3, 0.4) is 0 Å². The van der Waals surface area contributed by atoms with E-state index in [4.69, 9.17) is 4.74 Å². The van der Waals surface area contributed by atoms with Crippen molar-refractivity contribution in [1.82, 2.24) is 19.7 Å². The quantitative estimate of drug-likeness (QED) is 0.136. The lowest BCUT2D eigenvalue weighted by molar-refractivity contribution is -0.274. The Morgan fingerprint density at radius 1 is 1.18 bits per heavy atom. The van der Waals surface area contributed by atoms with Crippen LogP contribution >= 0.6 is 0 Å². The Morgan fingerprint density at radius 3 is 2.71 bits per heavy atom. The topological polar surface area (TPSA) is 81.8 Å². The number of halogens is 4. The number of rotatable bonds is 6. The van der Waals surface area contributed by atoms with Crippen LogP contribution in [0.1, 0.15) is 41.4 Å². The highest BCUT2D eigenvalue weighted by Crippen LogP contribution is 2.40. The summed E-state index contributed by atoms with van der Waals surface area (Å²) in [5.74, 6) is -1.96. The van der Waals surface area contributed by atoms with Crippen LogP contribution in [0.2, 0.25) is 0 Å². The molecule has 0 N–H and O–H groups in total. The Labute approximate surface area is 214 Å². The van der Waals surface area contributed by atoms with Crippen molar-refractivity contribution in [2.24, 2.45) is 4.99 Å².